The van der Waals surface area contributed by atoms with Gasteiger partial charge in [0.2, 0.25) is 0 Å². The summed E-state index contributed by atoms with van der Waals surface area (Å²) in [5.74, 6) is -2.37. The van der Waals surface area contributed by atoms with Gasteiger partial charge in [0, 0.05) is 12.8 Å². The van der Waals surface area contributed by atoms with Crippen LogP contribution in [0.15, 0.2) is 60.3 Å². The van der Waals surface area contributed by atoms with Crippen molar-refractivity contribution in [3.8, 4) is 0 Å². The number of rotatable bonds is 5. The van der Waals surface area contributed by atoms with Crippen LogP contribution < -0.4 is 0 Å². The van der Waals surface area contributed by atoms with E-state index in [2.05, 4.69) is 0 Å². The predicted octanol–water partition coefficient (Wildman–Crippen LogP) is 0.859. The molecule has 0 aliphatic carbocycles. The third-order valence-corrected chi connectivity index (χ3v) is 8.17. The van der Waals surface area contributed by atoms with Crippen molar-refractivity contribution in [2.75, 3.05) is 0 Å². The van der Waals surface area contributed by atoms with Crippen LogP contribution in [0.5, 0.6) is 0 Å². The first-order valence-corrected chi connectivity index (χ1v) is 16.5. The van der Waals surface area contributed by atoms with Gasteiger partial charge in [0.1, 0.15) is 30.3 Å². The molecule has 1 heterocycles. The first kappa shape index (κ1) is 42.8. The molecular formula is C35H58O12. The number of esters is 1. The maximum Gasteiger partial charge on any atom is 0.314 e. The highest BCUT2D eigenvalue weighted by atomic mass is 16.6. The first-order valence-electron chi connectivity index (χ1n) is 16.5. The lowest BCUT2D eigenvalue weighted by atomic mass is 9.87. The Morgan fingerprint density at radius 3 is 1.77 bits per heavy atom. The summed E-state index contributed by atoms with van der Waals surface area (Å²) in [6, 6.07) is 0. The van der Waals surface area contributed by atoms with Gasteiger partial charge in [-0.3, -0.25) is 4.79 Å². The molecule has 1 aliphatic heterocycles. The van der Waals surface area contributed by atoms with E-state index in [1.807, 2.05) is 6.92 Å². The molecule has 12 atom stereocenters. The van der Waals surface area contributed by atoms with Crippen molar-refractivity contribution in [2.45, 2.75) is 146 Å². The number of cyclic esters (lactones) is 1. The van der Waals surface area contributed by atoms with Gasteiger partial charge in [0.25, 0.3) is 0 Å². The van der Waals surface area contributed by atoms with Crippen LogP contribution in [-0.2, 0) is 9.53 Å². The lowest BCUT2D eigenvalue weighted by Gasteiger charge is -2.30. The van der Waals surface area contributed by atoms with Crippen molar-refractivity contribution < 1.29 is 60.6 Å². The normalized spacial score (nSPS) is 35.8. The fourth-order valence-electron chi connectivity index (χ4n) is 5.30. The van der Waals surface area contributed by atoms with Crippen LogP contribution in [0.25, 0.3) is 0 Å². The van der Waals surface area contributed by atoms with Gasteiger partial charge >= 0.3 is 5.97 Å². The minimum Gasteiger partial charge on any atom is -0.459 e. The van der Waals surface area contributed by atoms with Gasteiger partial charge in [-0.15, -0.1) is 0 Å². The Hall–Kier alpha value is -2.23. The summed E-state index contributed by atoms with van der Waals surface area (Å²) in [5.41, 5.74) is 0.357. The topological polar surface area (TPSA) is 229 Å². The molecule has 10 N–H and O–H groups in total. The molecule has 0 aromatic heterocycles. The van der Waals surface area contributed by atoms with Crippen LogP contribution in [0.3, 0.4) is 0 Å². The van der Waals surface area contributed by atoms with E-state index >= 15 is 0 Å². The van der Waals surface area contributed by atoms with E-state index in [1.54, 1.807) is 55.5 Å². The maximum absolute atomic E-state index is 13.1. The second kappa shape index (κ2) is 23.2. The zero-order valence-electron chi connectivity index (χ0n) is 27.8. The third-order valence-electron chi connectivity index (χ3n) is 8.17. The summed E-state index contributed by atoms with van der Waals surface area (Å²) in [4.78, 5) is 13.1. The first-order chi connectivity index (χ1) is 22.2. The quantitative estimate of drug-likeness (QED) is 0.145. The second-order valence-corrected chi connectivity index (χ2v) is 12.5. The number of aliphatic hydroxyl groups excluding tert-OH is 10. The molecule has 0 amide bonds. The summed E-state index contributed by atoms with van der Waals surface area (Å²) in [5, 5.41) is 105. The number of carbonyl (C=O) groups excluding carboxylic acids is 1. The Bertz CT molecular complexity index is 1020. The molecular weight excluding hydrogens is 612 g/mol. The maximum atomic E-state index is 13.1. The summed E-state index contributed by atoms with van der Waals surface area (Å²) in [6.45, 7) is 5.00. The highest BCUT2D eigenvalue weighted by Gasteiger charge is 2.37. The molecule has 1 aliphatic rings. The van der Waals surface area contributed by atoms with Crippen LogP contribution in [0.2, 0.25) is 0 Å². The van der Waals surface area contributed by atoms with Crippen LogP contribution in [-0.4, -0.2) is 124 Å². The fourth-order valence-corrected chi connectivity index (χ4v) is 5.30. The predicted molar refractivity (Wildman–Crippen MR) is 177 cm³/mol. The average Bonchev–Trinajstić information content (AvgIpc) is 2.98. The van der Waals surface area contributed by atoms with Crippen LogP contribution in [0, 0.1) is 5.92 Å². The minimum absolute atomic E-state index is 0.197. The van der Waals surface area contributed by atoms with Gasteiger partial charge in [-0.25, -0.2) is 0 Å². The summed E-state index contributed by atoms with van der Waals surface area (Å²) in [6.07, 6.45) is 0.559. The summed E-state index contributed by atoms with van der Waals surface area (Å²) >= 11 is 0. The van der Waals surface area contributed by atoms with E-state index in [9.17, 15) is 55.9 Å². The molecule has 0 saturated heterocycles. The highest BCUT2D eigenvalue weighted by molar-refractivity contribution is 5.74. The highest BCUT2D eigenvalue weighted by Crippen LogP contribution is 2.24. The Labute approximate surface area is 278 Å². The SMILES string of the molecule is CCCCC[C@H](O)[C@@H]1C(=O)O[C@H](C)[C@H](O)C=CC=CC=CC=CC=C(C)[C@H](O)[C@H](O)[C@H](O)C[C@H](O)C[C@H](O)C[C@H](O)C[C@@H](O)C[C@H]1O. The smallest absolute Gasteiger partial charge is 0.314 e. The Kier molecular flexibility index (Phi) is 21.1. The van der Waals surface area contributed by atoms with E-state index in [-0.39, 0.29) is 32.1 Å². The zero-order valence-corrected chi connectivity index (χ0v) is 27.8. The van der Waals surface area contributed by atoms with E-state index in [4.69, 9.17) is 4.74 Å². The zero-order chi connectivity index (χ0) is 35.5. The lowest BCUT2D eigenvalue weighted by molar-refractivity contribution is -0.168. The number of allylic oxidation sites excluding steroid dienone is 8. The van der Waals surface area contributed by atoms with Crippen LogP contribution in [0.1, 0.15) is 78.6 Å². The molecule has 0 aromatic rings. The number of aliphatic hydroxyl groups is 10. The van der Waals surface area contributed by atoms with E-state index < -0.39 is 85.5 Å². The molecule has 270 valence electrons. The largest absolute Gasteiger partial charge is 0.459 e. The second-order valence-electron chi connectivity index (χ2n) is 12.5. The monoisotopic (exact) mass is 670 g/mol. The molecule has 47 heavy (non-hydrogen) atoms. The minimum atomic E-state index is -1.61. The van der Waals surface area contributed by atoms with Crippen molar-refractivity contribution in [2.24, 2.45) is 5.92 Å². The van der Waals surface area contributed by atoms with Crippen molar-refractivity contribution in [1.29, 1.82) is 0 Å². The van der Waals surface area contributed by atoms with Crippen molar-refractivity contribution in [1.82, 2.24) is 0 Å². The number of unbranched alkanes of at least 4 members (excludes halogenated alkanes) is 2. The Morgan fingerprint density at radius 2 is 1.21 bits per heavy atom. The summed E-state index contributed by atoms with van der Waals surface area (Å²) < 4.78 is 5.41. The van der Waals surface area contributed by atoms with Gasteiger partial charge < -0.3 is 55.8 Å². The van der Waals surface area contributed by atoms with E-state index in [0.29, 0.717) is 12.0 Å². The van der Waals surface area contributed by atoms with Gasteiger partial charge in [-0.1, -0.05) is 80.9 Å². The van der Waals surface area contributed by atoms with Crippen molar-refractivity contribution in [3.05, 3.63) is 60.3 Å². The van der Waals surface area contributed by atoms with Gasteiger partial charge in [0.15, 0.2) is 0 Å². The van der Waals surface area contributed by atoms with Crippen molar-refractivity contribution in [3.63, 3.8) is 0 Å². The van der Waals surface area contributed by atoms with Crippen LogP contribution in [0.4, 0.5) is 0 Å². The molecule has 0 fully saturated rings. The molecule has 0 bridgehead atoms. The number of carbonyl (C=O) groups is 1. The molecule has 12 nitrogen and oxygen atoms in total. The molecule has 0 spiro atoms. The number of hydrogen-bond acceptors (Lipinski definition) is 12. The summed E-state index contributed by atoms with van der Waals surface area (Å²) in [7, 11) is 0. The van der Waals surface area contributed by atoms with Gasteiger partial charge in [-0.05, 0) is 45.1 Å². The lowest BCUT2D eigenvalue weighted by Crippen LogP contribution is -2.43. The van der Waals surface area contributed by atoms with Crippen molar-refractivity contribution >= 4 is 5.97 Å². The molecule has 1 rings (SSSR count). The standard InChI is InChI=1S/C35H58O12/c1-4-5-11-16-29(41)32-30(42)20-26(38)18-24(36)17-25(37)19-27(39)21-31(43)34(45)33(44)22(2)14-12-9-7-6-8-10-13-15-28(40)23(3)47-35(32)46/h6-10,12-15,23-34,36-45H,4-5,11,16-21H2,1-3H3/t23-,24+,25-,26-,27-,28-,29+,30-,31-,32+,33+,34-/m1/s1. The average molecular weight is 671 g/mol. The van der Waals surface area contributed by atoms with Gasteiger partial charge in [-0.2, -0.15) is 0 Å². The molecule has 0 unspecified atom stereocenters. The van der Waals surface area contributed by atoms with E-state index in [0.717, 1.165) is 12.8 Å². The fraction of sp³-hybridized carbons (Fsp3) is 0.686. The molecule has 0 saturated carbocycles. The number of hydrogen-bond donors (Lipinski definition) is 10. The third kappa shape index (κ3) is 17.1. The Balaban J connectivity index is 3.19. The number of ether oxygens (including phenoxy) is 1. The molecule has 0 radical (unpaired) electrons. The Morgan fingerprint density at radius 1 is 0.723 bits per heavy atom. The molecule has 0 aromatic carbocycles. The van der Waals surface area contributed by atoms with E-state index in [1.165, 1.54) is 13.0 Å². The molecule has 12 heteroatoms. The van der Waals surface area contributed by atoms with Gasteiger partial charge in [0.05, 0.1) is 42.7 Å². The van der Waals surface area contributed by atoms with Crippen LogP contribution >= 0.6 is 0 Å².